The van der Waals surface area contributed by atoms with E-state index in [9.17, 15) is 0 Å². The van der Waals surface area contributed by atoms with Crippen LogP contribution in [0.3, 0.4) is 0 Å². The summed E-state index contributed by atoms with van der Waals surface area (Å²) in [7, 11) is 0. The normalized spacial score (nSPS) is 21.0. The maximum Gasteiger partial charge on any atom is 0.177 e. The van der Waals surface area contributed by atoms with Crippen LogP contribution in [0, 0.1) is 0 Å². The number of anilines is 3. The molecule has 5 N–H and O–H groups in total. The first-order valence-electron chi connectivity index (χ1n) is 8.27. The fraction of sp³-hybridized carbons (Fsp3) is 0.353. The lowest BCUT2D eigenvalue weighted by atomic mass is 9.81. The van der Waals surface area contributed by atoms with Gasteiger partial charge in [0.05, 0.1) is 17.6 Å². The SMILES string of the molecule is Nc1nn2ccnc2c(Nc2cccnc2)c1C1CCC(N)CC1. The average molecular weight is 323 g/mol. The molecule has 0 radical (unpaired) electrons. The molecule has 24 heavy (non-hydrogen) atoms. The predicted octanol–water partition coefficient (Wildman–Crippen LogP) is 2.44. The maximum absolute atomic E-state index is 6.32. The highest BCUT2D eigenvalue weighted by molar-refractivity contribution is 5.80. The summed E-state index contributed by atoms with van der Waals surface area (Å²) in [5, 5.41) is 7.93. The standard InChI is InChI=1S/C17H21N7/c18-12-5-3-11(4-6-12)14-15(22-13-2-1-7-20-10-13)17-21-8-9-24(17)23-16(14)19/h1-2,7-12,22H,3-6,18H2,(H2,19,23). The smallest absolute Gasteiger partial charge is 0.177 e. The van der Waals surface area contributed by atoms with Crippen molar-refractivity contribution in [1.82, 2.24) is 19.6 Å². The van der Waals surface area contributed by atoms with E-state index < -0.39 is 0 Å². The van der Waals surface area contributed by atoms with Crippen LogP contribution in [0.5, 0.6) is 0 Å². The van der Waals surface area contributed by atoms with Gasteiger partial charge in [0.25, 0.3) is 0 Å². The van der Waals surface area contributed by atoms with Crippen LogP contribution in [0.15, 0.2) is 36.9 Å². The second kappa shape index (κ2) is 6.09. The molecule has 4 rings (SSSR count). The number of rotatable bonds is 3. The zero-order chi connectivity index (χ0) is 16.5. The van der Waals surface area contributed by atoms with Gasteiger partial charge < -0.3 is 16.8 Å². The van der Waals surface area contributed by atoms with E-state index in [1.165, 1.54) is 0 Å². The summed E-state index contributed by atoms with van der Waals surface area (Å²) in [6, 6.07) is 4.17. The monoisotopic (exact) mass is 323 g/mol. The minimum atomic E-state index is 0.292. The minimum absolute atomic E-state index is 0.292. The van der Waals surface area contributed by atoms with Gasteiger partial charge in [0.2, 0.25) is 0 Å². The van der Waals surface area contributed by atoms with Gasteiger partial charge in [0.1, 0.15) is 5.82 Å². The summed E-state index contributed by atoms with van der Waals surface area (Å²) in [6.07, 6.45) is 11.1. The van der Waals surface area contributed by atoms with Crippen LogP contribution in [-0.4, -0.2) is 25.6 Å². The van der Waals surface area contributed by atoms with Gasteiger partial charge in [0.15, 0.2) is 5.65 Å². The Morgan fingerprint density at radius 1 is 1.17 bits per heavy atom. The molecule has 1 aliphatic carbocycles. The summed E-state index contributed by atoms with van der Waals surface area (Å²) in [4.78, 5) is 8.63. The predicted molar refractivity (Wildman–Crippen MR) is 94.1 cm³/mol. The van der Waals surface area contributed by atoms with E-state index in [0.29, 0.717) is 17.8 Å². The Morgan fingerprint density at radius 2 is 2.00 bits per heavy atom. The number of pyridine rings is 1. The van der Waals surface area contributed by atoms with E-state index in [0.717, 1.165) is 48.3 Å². The summed E-state index contributed by atoms with van der Waals surface area (Å²) in [6.45, 7) is 0. The molecule has 0 bridgehead atoms. The Hall–Kier alpha value is -2.67. The molecule has 0 amide bonds. The molecule has 3 aromatic rings. The van der Waals surface area contributed by atoms with Gasteiger partial charge >= 0.3 is 0 Å². The second-order valence-corrected chi connectivity index (χ2v) is 6.35. The number of fused-ring (bicyclic) bond motifs is 1. The lowest BCUT2D eigenvalue weighted by Gasteiger charge is -2.28. The number of hydrogen-bond acceptors (Lipinski definition) is 6. The number of imidazole rings is 1. The fourth-order valence-corrected chi connectivity index (χ4v) is 3.50. The van der Waals surface area contributed by atoms with Gasteiger partial charge in [-0.05, 0) is 43.7 Å². The van der Waals surface area contributed by atoms with Crippen LogP contribution in [0.2, 0.25) is 0 Å². The summed E-state index contributed by atoms with van der Waals surface area (Å²) >= 11 is 0. The van der Waals surface area contributed by atoms with E-state index in [1.54, 1.807) is 29.3 Å². The first-order chi connectivity index (χ1) is 11.7. The molecule has 0 saturated heterocycles. The number of nitrogens with zero attached hydrogens (tertiary/aromatic N) is 4. The number of aromatic nitrogens is 4. The van der Waals surface area contributed by atoms with Gasteiger partial charge in [-0.25, -0.2) is 9.50 Å². The molecule has 124 valence electrons. The van der Waals surface area contributed by atoms with Crippen molar-refractivity contribution in [2.24, 2.45) is 5.73 Å². The third kappa shape index (κ3) is 2.67. The molecule has 7 heteroatoms. The van der Waals surface area contributed by atoms with Crippen LogP contribution in [0.25, 0.3) is 5.65 Å². The number of nitrogens with two attached hydrogens (primary N) is 2. The average Bonchev–Trinajstić information content (AvgIpc) is 3.05. The second-order valence-electron chi connectivity index (χ2n) is 6.35. The molecular weight excluding hydrogens is 302 g/mol. The zero-order valence-corrected chi connectivity index (χ0v) is 13.4. The van der Waals surface area contributed by atoms with E-state index >= 15 is 0 Å². The van der Waals surface area contributed by atoms with Gasteiger partial charge in [0, 0.05) is 30.2 Å². The Labute approximate surface area is 140 Å². The molecule has 0 atom stereocenters. The quantitative estimate of drug-likeness (QED) is 0.683. The van der Waals surface area contributed by atoms with Crippen molar-refractivity contribution < 1.29 is 0 Å². The molecule has 0 aromatic carbocycles. The van der Waals surface area contributed by atoms with Crippen molar-refractivity contribution in [3.05, 3.63) is 42.5 Å². The van der Waals surface area contributed by atoms with Crippen LogP contribution in [-0.2, 0) is 0 Å². The summed E-state index contributed by atoms with van der Waals surface area (Å²) < 4.78 is 1.71. The van der Waals surface area contributed by atoms with Crippen molar-refractivity contribution in [2.75, 3.05) is 11.1 Å². The molecule has 3 heterocycles. The van der Waals surface area contributed by atoms with Crippen molar-refractivity contribution >= 4 is 22.8 Å². The first kappa shape index (κ1) is 14.9. The number of hydrogen-bond donors (Lipinski definition) is 3. The van der Waals surface area contributed by atoms with Crippen LogP contribution >= 0.6 is 0 Å². The largest absolute Gasteiger partial charge is 0.382 e. The third-order valence-corrected chi connectivity index (χ3v) is 4.72. The molecule has 7 nitrogen and oxygen atoms in total. The lowest BCUT2D eigenvalue weighted by Crippen LogP contribution is -2.26. The molecule has 0 spiro atoms. The molecule has 1 fully saturated rings. The Morgan fingerprint density at radius 3 is 2.75 bits per heavy atom. The Bertz CT molecular complexity index is 835. The fourth-order valence-electron chi connectivity index (χ4n) is 3.50. The van der Waals surface area contributed by atoms with Crippen molar-refractivity contribution in [3.63, 3.8) is 0 Å². The topological polar surface area (TPSA) is 107 Å². The van der Waals surface area contributed by atoms with E-state index in [2.05, 4.69) is 20.4 Å². The first-order valence-corrected chi connectivity index (χ1v) is 8.27. The van der Waals surface area contributed by atoms with Gasteiger partial charge in [-0.2, -0.15) is 0 Å². The highest BCUT2D eigenvalue weighted by Crippen LogP contribution is 2.40. The minimum Gasteiger partial charge on any atom is -0.382 e. The van der Waals surface area contributed by atoms with Crippen LogP contribution in [0.4, 0.5) is 17.2 Å². The number of nitrogen functional groups attached to an aromatic ring is 1. The van der Waals surface area contributed by atoms with Crippen LogP contribution in [0.1, 0.15) is 37.2 Å². The van der Waals surface area contributed by atoms with E-state index in [1.807, 2.05) is 12.1 Å². The van der Waals surface area contributed by atoms with E-state index in [4.69, 9.17) is 11.5 Å². The van der Waals surface area contributed by atoms with Gasteiger partial charge in [-0.3, -0.25) is 4.98 Å². The molecule has 1 aliphatic rings. The Kier molecular flexibility index (Phi) is 3.78. The van der Waals surface area contributed by atoms with E-state index in [-0.39, 0.29) is 0 Å². The maximum atomic E-state index is 6.32. The third-order valence-electron chi connectivity index (χ3n) is 4.72. The van der Waals surface area contributed by atoms with Crippen LogP contribution < -0.4 is 16.8 Å². The lowest BCUT2D eigenvalue weighted by molar-refractivity contribution is 0.396. The van der Waals surface area contributed by atoms with Gasteiger partial charge in [-0.15, -0.1) is 5.10 Å². The molecule has 1 saturated carbocycles. The number of nitrogens with one attached hydrogen (secondary N) is 1. The zero-order valence-electron chi connectivity index (χ0n) is 13.4. The summed E-state index contributed by atoms with van der Waals surface area (Å²) in [5.74, 6) is 0.894. The van der Waals surface area contributed by atoms with Crippen molar-refractivity contribution in [2.45, 2.75) is 37.6 Å². The Balaban J connectivity index is 1.82. The van der Waals surface area contributed by atoms with Crippen molar-refractivity contribution in [3.8, 4) is 0 Å². The molecule has 0 aliphatic heterocycles. The summed E-state index contributed by atoms with van der Waals surface area (Å²) in [5.41, 5.74) is 16.0. The molecule has 0 unspecified atom stereocenters. The highest BCUT2D eigenvalue weighted by Gasteiger charge is 2.27. The highest BCUT2D eigenvalue weighted by atomic mass is 15.3. The van der Waals surface area contributed by atoms with Crippen molar-refractivity contribution in [1.29, 1.82) is 0 Å². The molecule has 3 aromatic heterocycles. The molecular formula is C17H21N7. The van der Waals surface area contributed by atoms with Gasteiger partial charge in [-0.1, -0.05) is 0 Å².